The zero-order valence-electron chi connectivity index (χ0n) is 11.3. The van der Waals surface area contributed by atoms with Crippen molar-refractivity contribution in [1.82, 2.24) is 14.7 Å². The van der Waals surface area contributed by atoms with Crippen molar-refractivity contribution in [2.75, 3.05) is 6.54 Å². The van der Waals surface area contributed by atoms with Gasteiger partial charge in [-0.3, -0.25) is 9.48 Å². The Morgan fingerprint density at radius 3 is 2.75 bits per heavy atom. The van der Waals surface area contributed by atoms with Gasteiger partial charge in [0.1, 0.15) is 11.2 Å². The van der Waals surface area contributed by atoms with Crippen molar-refractivity contribution >= 4 is 29.6 Å². The largest absolute Gasteiger partial charge is 0.480 e. The van der Waals surface area contributed by atoms with Gasteiger partial charge in [0.15, 0.2) is 0 Å². The third-order valence-corrected chi connectivity index (χ3v) is 3.86. The second kappa shape index (κ2) is 5.66. The predicted octanol–water partition coefficient (Wildman–Crippen LogP) is 1.47. The molecule has 6 nitrogen and oxygen atoms in total. The molecule has 0 spiro atoms. The van der Waals surface area contributed by atoms with Crippen LogP contribution in [0.4, 0.5) is 0 Å². The lowest BCUT2D eigenvalue weighted by atomic mass is 10.2. The normalized spacial score (nSPS) is 18.9. The Hall–Kier alpha value is -1.82. The first-order valence-corrected chi connectivity index (χ1v) is 6.70. The zero-order valence-corrected chi connectivity index (χ0v) is 12.1. The number of hydrogen-bond donors (Lipinski definition) is 1. The highest BCUT2D eigenvalue weighted by Gasteiger charge is 2.32. The van der Waals surface area contributed by atoms with E-state index in [1.807, 2.05) is 0 Å². The Morgan fingerprint density at radius 1 is 1.50 bits per heavy atom. The molecule has 1 unspecified atom stereocenters. The Labute approximate surface area is 121 Å². The van der Waals surface area contributed by atoms with Crippen molar-refractivity contribution in [3.63, 3.8) is 0 Å². The topological polar surface area (TPSA) is 75.4 Å². The van der Waals surface area contributed by atoms with E-state index >= 15 is 0 Å². The Balaban J connectivity index is 2.15. The predicted molar refractivity (Wildman–Crippen MR) is 74.4 cm³/mol. The molecule has 1 aliphatic heterocycles. The summed E-state index contributed by atoms with van der Waals surface area (Å²) in [5, 5.41) is 13.6. The van der Waals surface area contributed by atoms with E-state index in [0.717, 1.165) is 5.69 Å². The van der Waals surface area contributed by atoms with Crippen molar-refractivity contribution in [1.29, 1.82) is 0 Å². The molecule has 1 amide bonds. The Bertz CT molecular complexity index is 580. The highest BCUT2D eigenvalue weighted by Crippen LogP contribution is 2.21. The molecule has 0 radical (unpaired) electrons. The third-order valence-electron chi connectivity index (χ3n) is 3.41. The van der Waals surface area contributed by atoms with Crippen LogP contribution >= 0.6 is 11.6 Å². The maximum Gasteiger partial charge on any atom is 0.326 e. The molecular weight excluding hydrogens is 282 g/mol. The van der Waals surface area contributed by atoms with Gasteiger partial charge in [0.2, 0.25) is 5.91 Å². The van der Waals surface area contributed by atoms with E-state index in [-0.39, 0.29) is 5.91 Å². The van der Waals surface area contributed by atoms with Crippen LogP contribution in [0.1, 0.15) is 24.1 Å². The minimum absolute atomic E-state index is 0.311. The highest BCUT2D eigenvalue weighted by molar-refractivity contribution is 6.31. The number of rotatable bonds is 3. The summed E-state index contributed by atoms with van der Waals surface area (Å²) < 4.78 is 1.52. The van der Waals surface area contributed by atoms with E-state index in [1.165, 1.54) is 15.7 Å². The van der Waals surface area contributed by atoms with Gasteiger partial charge in [-0.15, -0.1) is 0 Å². The number of halogens is 1. The summed E-state index contributed by atoms with van der Waals surface area (Å²) in [4.78, 5) is 24.5. The molecule has 1 fully saturated rings. The average molecular weight is 298 g/mol. The average Bonchev–Trinajstić information content (AvgIpc) is 2.95. The molecule has 0 aliphatic carbocycles. The van der Waals surface area contributed by atoms with Crippen molar-refractivity contribution in [3.05, 3.63) is 22.5 Å². The van der Waals surface area contributed by atoms with Gasteiger partial charge in [0.25, 0.3) is 0 Å². The molecule has 7 heteroatoms. The van der Waals surface area contributed by atoms with E-state index in [0.29, 0.717) is 30.1 Å². The number of aryl methyl sites for hydroxylation is 2. The molecule has 1 saturated heterocycles. The number of carboxylic acid groups (broad SMARTS) is 1. The van der Waals surface area contributed by atoms with Gasteiger partial charge >= 0.3 is 5.97 Å². The third kappa shape index (κ3) is 2.70. The van der Waals surface area contributed by atoms with Crippen LogP contribution in [0, 0.1) is 6.92 Å². The fourth-order valence-corrected chi connectivity index (χ4v) is 2.61. The number of amides is 1. The van der Waals surface area contributed by atoms with Gasteiger partial charge in [0, 0.05) is 25.2 Å². The van der Waals surface area contributed by atoms with Gasteiger partial charge in [-0.25, -0.2) is 4.79 Å². The quantitative estimate of drug-likeness (QED) is 0.857. The van der Waals surface area contributed by atoms with E-state index < -0.39 is 12.0 Å². The van der Waals surface area contributed by atoms with E-state index in [9.17, 15) is 9.59 Å². The first-order valence-electron chi connectivity index (χ1n) is 6.32. The number of carbonyl (C=O) groups excluding carboxylic acids is 1. The second-order valence-electron chi connectivity index (χ2n) is 4.77. The molecule has 1 aromatic heterocycles. The van der Waals surface area contributed by atoms with Gasteiger partial charge in [0.05, 0.1) is 5.69 Å². The number of nitrogens with zero attached hydrogens (tertiary/aromatic N) is 3. The van der Waals surface area contributed by atoms with Crippen molar-refractivity contribution < 1.29 is 14.7 Å². The molecule has 2 heterocycles. The number of carboxylic acids is 1. The summed E-state index contributed by atoms with van der Waals surface area (Å²) in [6.45, 7) is 2.27. The monoisotopic (exact) mass is 297 g/mol. The lowest BCUT2D eigenvalue weighted by molar-refractivity contribution is -0.146. The molecule has 0 saturated carbocycles. The van der Waals surface area contributed by atoms with Crippen molar-refractivity contribution in [3.8, 4) is 0 Å². The lowest BCUT2D eigenvalue weighted by Gasteiger charge is -2.19. The highest BCUT2D eigenvalue weighted by atomic mass is 35.5. The minimum atomic E-state index is -0.958. The lowest BCUT2D eigenvalue weighted by Crippen LogP contribution is -2.39. The van der Waals surface area contributed by atoms with Crippen LogP contribution in [0.2, 0.25) is 5.15 Å². The summed E-state index contributed by atoms with van der Waals surface area (Å²) in [6, 6.07) is -0.724. The Morgan fingerprint density at radius 2 is 2.20 bits per heavy atom. The minimum Gasteiger partial charge on any atom is -0.480 e. The SMILES string of the molecule is Cc1nn(C)c(Cl)c1/C=C/C(=O)N1CCCC1C(=O)O. The molecule has 1 aliphatic rings. The van der Waals surface area contributed by atoms with Crippen LogP contribution in [-0.4, -0.2) is 44.3 Å². The number of carbonyl (C=O) groups is 2. The maximum absolute atomic E-state index is 12.1. The molecule has 0 aromatic carbocycles. The summed E-state index contributed by atoms with van der Waals surface area (Å²) in [6.07, 6.45) is 4.16. The van der Waals surface area contributed by atoms with Gasteiger partial charge in [-0.1, -0.05) is 11.6 Å². The van der Waals surface area contributed by atoms with Crippen LogP contribution < -0.4 is 0 Å². The molecule has 1 N–H and O–H groups in total. The summed E-state index contributed by atoms with van der Waals surface area (Å²) in [5.41, 5.74) is 1.39. The summed E-state index contributed by atoms with van der Waals surface area (Å²) in [5.74, 6) is -1.27. The fraction of sp³-hybridized carbons (Fsp3) is 0.462. The second-order valence-corrected chi connectivity index (χ2v) is 5.13. The number of aliphatic carboxylic acids is 1. The van der Waals surface area contributed by atoms with Crippen molar-refractivity contribution in [2.45, 2.75) is 25.8 Å². The standard InChI is InChI=1S/C13H16ClN3O3/c1-8-9(12(14)16(2)15-8)5-6-11(18)17-7-3-4-10(17)13(19)20/h5-6,10H,3-4,7H2,1-2H3,(H,19,20)/b6-5+. The summed E-state index contributed by atoms with van der Waals surface area (Å²) >= 11 is 6.07. The van der Waals surface area contributed by atoms with Crippen LogP contribution in [0.3, 0.4) is 0 Å². The summed E-state index contributed by atoms with van der Waals surface area (Å²) in [7, 11) is 1.72. The van der Waals surface area contributed by atoms with E-state index in [1.54, 1.807) is 20.0 Å². The van der Waals surface area contributed by atoms with Gasteiger partial charge in [-0.2, -0.15) is 5.10 Å². The smallest absolute Gasteiger partial charge is 0.326 e. The van der Waals surface area contributed by atoms with E-state index in [2.05, 4.69) is 5.10 Å². The zero-order chi connectivity index (χ0) is 14.9. The molecule has 0 bridgehead atoms. The van der Waals surface area contributed by atoms with Crippen LogP contribution in [0.5, 0.6) is 0 Å². The maximum atomic E-state index is 12.1. The number of hydrogen-bond acceptors (Lipinski definition) is 3. The number of likely N-dealkylation sites (tertiary alicyclic amines) is 1. The fourth-order valence-electron chi connectivity index (χ4n) is 2.37. The van der Waals surface area contributed by atoms with Gasteiger partial charge < -0.3 is 10.0 Å². The van der Waals surface area contributed by atoms with Gasteiger partial charge in [-0.05, 0) is 25.8 Å². The van der Waals surface area contributed by atoms with Crippen LogP contribution in [0.25, 0.3) is 6.08 Å². The first-order chi connectivity index (χ1) is 9.41. The van der Waals surface area contributed by atoms with Crippen LogP contribution in [-0.2, 0) is 16.6 Å². The van der Waals surface area contributed by atoms with Crippen molar-refractivity contribution in [2.24, 2.45) is 7.05 Å². The molecule has 1 aromatic rings. The molecule has 108 valence electrons. The molecule has 2 rings (SSSR count). The molecule has 1 atom stereocenters. The number of aromatic nitrogens is 2. The van der Waals surface area contributed by atoms with Crippen LogP contribution in [0.15, 0.2) is 6.08 Å². The molecule has 20 heavy (non-hydrogen) atoms. The molecular formula is C13H16ClN3O3. The Kier molecular flexibility index (Phi) is 4.13. The van der Waals surface area contributed by atoms with E-state index in [4.69, 9.17) is 16.7 Å². The first kappa shape index (κ1) is 14.6.